The average Bonchev–Trinajstić information content (AvgIpc) is 3.45. The first-order valence-corrected chi connectivity index (χ1v) is 15.5. The van der Waals surface area contributed by atoms with Gasteiger partial charge in [-0.15, -0.1) is 0 Å². The molecule has 0 saturated heterocycles. The average molecular weight is 612 g/mol. The van der Waals surface area contributed by atoms with Crippen LogP contribution in [-0.2, 0) is 6.42 Å². The summed E-state index contributed by atoms with van der Waals surface area (Å²) in [4.78, 5) is 22.3. The highest BCUT2D eigenvalue weighted by Crippen LogP contribution is 2.34. The van der Waals surface area contributed by atoms with Crippen LogP contribution in [0.3, 0.4) is 0 Å². The molecule has 4 aromatic carbocycles. The monoisotopic (exact) mass is 611 g/mol. The number of hydrogen-bond acceptors (Lipinski definition) is 6. The number of amides is 2. The van der Waals surface area contributed by atoms with Crippen molar-refractivity contribution in [3.8, 4) is 17.3 Å². The zero-order valence-corrected chi connectivity index (χ0v) is 26.5. The van der Waals surface area contributed by atoms with Gasteiger partial charge in [-0.3, -0.25) is 5.32 Å². The molecule has 6 aromatic rings. The number of benzene rings is 4. The van der Waals surface area contributed by atoms with Crippen molar-refractivity contribution in [3.63, 3.8) is 0 Å². The van der Waals surface area contributed by atoms with E-state index >= 15 is 0 Å². The minimum absolute atomic E-state index is 0.368. The topological polar surface area (TPSA) is 106 Å². The van der Waals surface area contributed by atoms with E-state index in [9.17, 15) is 4.79 Å². The Balaban J connectivity index is 1.22. The van der Waals surface area contributed by atoms with Crippen molar-refractivity contribution in [1.29, 1.82) is 0 Å². The Morgan fingerprint density at radius 2 is 1.61 bits per heavy atom. The van der Waals surface area contributed by atoms with Crippen molar-refractivity contribution in [2.24, 2.45) is 0 Å². The van der Waals surface area contributed by atoms with Crippen LogP contribution in [0, 0.1) is 20.8 Å². The Bertz CT molecular complexity index is 2000. The normalized spacial score (nSPS) is 11.0. The molecule has 9 heteroatoms. The lowest BCUT2D eigenvalue weighted by molar-refractivity contribution is 0.262. The number of nitrogens with zero attached hydrogens (tertiary/aromatic N) is 4. The van der Waals surface area contributed by atoms with Crippen LogP contribution in [0.15, 0.2) is 97.2 Å². The second-order valence-corrected chi connectivity index (χ2v) is 11.4. The van der Waals surface area contributed by atoms with Crippen LogP contribution in [0.4, 0.5) is 27.9 Å². The molecule has 0 aliphatic rings. The summed E-state index contributed by atoms with van der Waals surface area (Å²) in [7, 11) is 0. The molecule has 0 aliphatic heterocycles. The fourth-order valence-corrected chi connectivity index (χ4v) is 5.18. The third-order valence-electron chi connectivity index (χ3n) is 7.68. The van der Waals surface area contributed by atoms with Crippen molar-refractivity contribution < 1.29 is 9.53 Å². The van der Waals surface area contributed by atoms with Crippen LogP contribution >= 0.6 is 0 Å². The number of rotatable bonds is 10. The predicted molar refractivity (Wildman–Crippen MR) is 185 cm³/mol. The van der Waals surface area contributed by atoms with E-state index in [1.165, 1.54) is 0 Å². The Labute approximate surface area is 268 Å². The van der Waals surface area contributed by atoms with Crippen molar-refractivity contribution in [3.05, 3.63) is 120 Å². The molecule has 0 fully saturated rings. The molecule has 0 aliphatic carbocycles. The molecule has 2 amide bonds. The van der Waals surface area contributed by atoms with E-state index in [2.05, 4.69) is 51.0 Å². The first-order valence-electron chi connectivity index (χ1n) is 15.5. The number of urea groups is 1. The van der Waals surface area contributed by atoms with Gasteiger partial charge < -0.3 is 15.4 Å². The van der Waals surface area contributed by atoms with Gasteiger partial charge in [-0.2, -0.15) is 10.1 Å². The first kappa shape index (κ1) is 30.3. The lowest BCUT2D eigenvalue weighted by atomic mass is 10.1. The maximum atomic E-state index is 13.4. The Hall–Kier alpha value is -5.70. The Morgan fingerprint density at radius 3 is 2.41 bits per heavy atom. The highest BCUT2D eigenvalue weighted by molar-refractivity contribution is 6.07. The lowest BCUT2D eigenvalue weighted by Crippen LogP contribution is -2.21. The van der Waals surface area contributed by atoms with E-state index in [0.29, 0.717) is 29.1 Å². The molecule has 2 heterocycles. The van der Waals surface area contributed by atoms with Crippen LogP contribution in [0.1, 0.15) is 42.1 Å². The summed E-state index contributed by atoms with van der Waals surface area (Å²) < 4.78 is 8.04. The van der Waals surface area contributed by atoms with E-state index < -0.39 is 0 Å². The van der Waals surface area contributed by atoms with Gasteiger partial charge >= 0.3 is 6.03 Å². The van der Waals surface area contributed by atoms with Crippen LogP contribution in [0.25, 0.3) is 16.5 Å². The summed E-state index contributed by atoms with van der Waals surface area (Å²) in [5.74, 6) is 2.05. The molecular formula is C37H37N7O2. The highest BCUT2D eigenvalue weighted by Gasteiger charge is 2.15. The number of unbranched alkanes of at least 4 members (excludes halogenated alkanes) is 1. The van der Waals surface area contributed by atoms with Gasteiger partial charge in [0.25, 0.3) is 0 Å². The number of aromatic nitrogens is 4. The molecule has 46 heavy (non-hydrogen) atoms. The van der Waals surface area contributed by atoms with Gasteiger partial charge in [0.15, 0.2) is 0 Å². The molecule has 0 bridgehead atoms. The second-order valence-electron chi connectivity index (χ2n) is 11.4. The summed E-state index contributed by atoms with van der Waals surface area (Å²) in [6, 6.07) is 29.0. The molecule has 0 atom stereocenters. The number of ether oxygens (including phenoxy) is 1. The lowest BCUT2D eigenvalue weighted by Gasteiger charge is -2.14. The van der Waals surface area contributed by atoms with E-state index in [1.54, 1.807) is 16.9 Å². The maximum absolute atomic E-state index is 13.4. The minimum Gasteiger partial charge on any atom is -0.438 e. The van der Waals surface area contributed by atoms with Gasteiger partial charge in [-0.1, -0.05) is 67.4 Å². The number of hydrogen-bond donors (Lipinski definition) is 3. The van der Waals surface area contributed by atoms with Crippen LogP contribution in [-0.4, -0.2) is 25.8 Å². The van der Waals surface area contributed by atoms with Crippen molar-refractivity contribution in [2.45, 2.75) is 47.0 Å². The van der Waals surface area contributed by atoms with Gasteiger partial charge in [0.2, 0.25) is 11.8 Å². The van der Waals surface area contributed by atoms with Crippen LogP contribution in [0.5, 0.6) is 11.6 Å². The molecule has 0 saturated carbocycles. The number of carbonyl (C=O) groups excluding carboxylic acids is 1. The summed E-state index contributed by atoms with van der Waals surface area (Å²) in [5, 5.41) is 15.8. The summed E-state index contributed by atoms with van der Waals surface area (Å²) in [6.07, 6.45) is 4.59. The predicted octanol–water partition coefficient (Wildman–Crippen LogP) is 9.26. The first-order chi connectivity index (χ1) is 22.4. The quantitative estimate of drug-likeness (QED) is 0.143. The summed E-state index contributed by atoms with van der Waals surface area (Å²) in [6.45, 7) is 8.28. The zero-order chi connectivity index (χ0) is 32.0. The number of anilines is 4. The van der Waals surface area contributed by atoms with E-state index in [-0.39, 0.29) is 6.03 Å². The number of fused-ring (bicyclic) bond motifs is 1. The van der Waals surface area contributed by atoms with E-state index in [0.717, 1.165) is 63.8 Å². The van der Waals surface area contributed by atoms with Gasteiger partial charge in [0, 0.05) is 34.8 Å². The summed E-state index contributed by atoms with van der Waals surface area (Å²) in [5.41, 5.74) is 6.79. The summed E-state index contributed by atoms with van der Waals surface area (Å²) >= 11 is 0. The number of carbonyl (C=O) groups is 1. The molecular weight excluding hydrogens is 574 g/mol. The smallest absolute Gasteiger partial charge is 0.324 e. The van der Waals surface area contributed by atoms with Gasteiger partial charge in [-0.25, -0.2) is 14.5 Å². The van der Waals surface area contributed by atoms with Crippen molar-refractivity contribution in [1.82, 2.24) is 19.7 Å². The number of nitrogens with one attached hydrogen (secondary N) is 3. The minimum atomic E-state index is -0.368. The van der Waals surface area contributed by atoms with Gasteiger partial charge in [-0.05, 0) is 75.1 Å². The van der Waals surface area contributed by atoms with Crippen molar-refractivity contribution in [2.75, 3.05) is 16.0 Å². The van der Waals surface area contributed by atoms with Crippen LogP contribution in [0.2, 0.25) is 0 Å². The molecule has 2 aromatic heterocycles. The van der Waals surface area contributed by atoms with Crippen molar-refractivity contribution >= 4 is 39.9 Å². The highest BCUT2D eigenvalue weighted by atomic mass is 16.5. The molecule has 3 N–H and O–H groups in total. The Morgan fingerprint density at radius 1 is 0.826 bits per heavy atom. The van der Waals surface area contributed by atoms with E-state index in [1.807, 2.05) is 87.5 Å². The third kappa shape index (κ3) is 6.99. The molecule has 0 spiro atoms. The molecule has 6 rings (SSSR count). The molecule has 0 radical (unpaired) electrons. The van der Waals surface area contributed by atoms with Gasteiger partial charge in [0.1, 0.15) is 11.6 Å². The van der Waals surface area contributed by atoms with Gasteiger partial charge in [0.05, 0.1) is 17.1 Å². The van der Waals surface area contributed by atoms with E-state index in [4.69, 9.17) is 9.84 Å². The molecule has 0 unspecified atom stereocenters. The number of aryl methyl sites for hydroxylation is 4. The second kappa shape index (κ2) is 13.5. The van der Waals surface area contributed by atoms with Crippen LogP contribution < -0.4 is 20.7 Å². The largest absolute Gasteiger partial charge is 0.438 e. The maximum Gasteiger partial charge on any atom is 0.324 e. The fourth-order valence-electron chi connectivity index (χ4n) is 5.18. The SMILES string of the molecule is CCCCc1cc(NC(=O)Nc2ccc(Oc3ccnc(Nc4cc(C)ccc4C)n3)c3ccccc23)n(-c2ccc(C)cc2)n1. The third-order valence-corrected chi connectivity index (χ3v) is 7.68. The fraction of sp³-hybridized carbons (Fsp3) is 0.189. The molecule has 232 valence electrons. The molecule has 9 nitrogen and oxygen atoms in total. The standard InChI is InChI=1S/C37H37N7O2/c1-5-6-9-27-23-34(44(43-27)28-16-13-24(2)14-17-28)41-37(45)40-31-18-19-33(30-11-8-7-10-29(30)31)46-35-20-21-38-36(42-35)39-32-22-25(3)12-15-26(32)4/h7-8,10-23H,5-6,9H2,1-4H3,(H,38,39,42)(H2,40,41,45). The Kier molecular flexibility index (Phi) is 8.91. The zero-order valence-electron chi connectivity index (χ0n) is 26.5.